The highest BCUT2D eigenvalue weighted by molar-refractivity contribution is 6.08. The quantitative estimate of drug-likeness (QED) is 0.213. The Labute approximate surface area is 253 Å². The molecule has 0 aliphatic heterocycles. The molecule has 6 aromatic heterocycles. The Balaban J connectivity index is 1.37. The number of fused-ring (bicyclic) bond motifs is 3. The smallest absolute Gasteiger partial charge is 0.252 e. The van der Waals surface area contributed by atoms with Gasteiger partial charge in [-0.2, -0.15) is 0 Å². The van der Waals surface area contributed by atoms with Gasteiger partial charge in [0.05, 0.1) is 0 Å². The van der Waals surface area contributed by atoms with Crippen molar-refractivity contribution in [2.75, 3.05) is 0 Å². The lowest BCUT2D eigenvalue weighted by molar-refractivity contribution is 0.0951. The van der Waals surface area contributed by atoms with E-state index in [0.717, 1.165) is 55.5 Å². The van der Waals surface area contributed by atoms with E-state index in [1.165, 1.54) is 12.1 Å². The molecule has 0 aliphatic rings. The molecule has 0 radical (unpaired) electrons. The van der Waals surface area contributed by atoms with Crippen molar-refractivity contribution < 1.29 is 9.18 Å². The molecule has 0 saturated heterocycles. The number of benzene rings is 2. The van der Waals surface area contributed by atoms with Gasteiger partial charge in [-0.15, -0.1) is 0 Å². The van der Waals surface area contributed by atoms with E-state index in [4.69, 9.17) is 0 Å². The third-order valence-electron chi connectivity index (χ3n) is 8.28. The van der Waals surface area contributed by atoms with Gasteiger partial charge >= 0.3 is 0 Å². The summed E-state index contributed by atoms with van der Waals surface area (Å²) in [5.74, 6) is -0.506. The first kappa shape index (κ1) is 25.8. The van der Waals surface area contributed by atoms with E-state index in [1.807, 2.05) is 48.9 Å². The fraction of sp³-hybridized carbons (Fsp3) is 0.0263. The lowest BCUT2D eigenvalue weighted by Crippen LogP contribution is -2.23. The van der Waals surface area contributed by atoms with Gasteiger partial charge in [0.2, 0.25) is 0 Å². The van der Waals surface area contributed by atoms with Crippen LogP contribution >= 0.6 is 0 Å². The topological polar surface area (TPSA) is 42.3 Å². The molecule has 212 valence electrons. The van der Waals surface area contributed by atoms with E-state index in [0.29, 0.717) is 5.56 Å². The Bertz CT molecular complexity index is 2320. The first-order chi connectivity index (χ1) is 21.6. The summed E-state index contributed by atoms with van der Waals surface area (Å²) in [5.41, 5.74) is 10.4. The highest BCUT2D eigenvalue weighted by atomic mass is 19.1. The molecule has 0 spiro atoms. The predicted molar refractivity (Wildman–Crippen MR) is 173 cm³/mol. The molecule has 8 aromatic rings. The molecule has 0 atom stereocenters. The molecule has 5 nitrogen and oxygen atoms in total. The SMILES string of the molecule is O=C(NCc1ccc(F)cc1)c1ccc(-c2ccc3cccn3c2)c(-c2ccc3cccn3c2)c1-c1ccc2cccn2c1. The van der Waals surface area contributed by atoms with Gasteiger partial charge in [0.25, 0.3) is 5.91 Å². The number of hydrogen-bond donors (Lipinski definition) is 1. The monoisotopic (exact) mass is 574 g/mol. The van der Waals surface area contributed by atoms with E-state index in [2.05, 4.69) is 91.7 Å². The molecule has 0 fully saturated rings. The van der Waals surface area contributed by atoms with Crippen molar-refractivity contribution >= 4 is 22.5 Å². The van der Waals surface area contributed by atoms with Gasteiger partial charge in [-0.3, -0.25) is 4.79 Å². The summed E-state index contributed by atoms with van der Waals surface area (Å²) in [7, 11) is 0. The summed E-state index contributed by atoms with van der Waals surface area (Å²) in [4.78, 5) is 14.0. The van der Waals surface area contributed by atoms with Crippen LogP contribution in [0.4, 0.5) is 4.39 Å². The van der Waals surface area contributed by atoms with Crippen LogP contribution in [0, 0.1) is 5.82 Å². The van der Waals surface area contributed by atoms with Crippen LogP contribution in [0.2, 0.25) is 0 Å². The lowest BCUT2D eigenvalue weighted by atomic mass is 9.85. The van der Waals surface area contributed by atoms with Gasteiger partial charge in [0.15, 0.2) is 0 Å². The lowest BCUT2D eigenvalue weighted by Gasteiger charge is -2.21. The Morgan fingerprint density at radius 2 is 1.09 bits per heavy atom. The van der Waals surface area contributed by atoms with Crippen molar-refractivity contribution in [2.45, 2.75) is 6.54 Å². The van der Waals surface area contributed by atoms with Crippen molar-refractivity contribution in [1.29, 1.82) is 0 Å². The van der Waals surface area contributed by atoms with Crippen molar-refractivity contribution in [1.82, 2.24) is 18.5 Å². The number of nitrogens with one attached hydrogen (secondary N) is 1. The van der Waals surface area contributed by atoms with Gasteiger partial charge in [-0.05, 0) is 106 Å². The molecule has 8 rings (SSSR count). The summed E-state index contributed by atoms with van der Waals surface area (Å²) >= 11 is 0. The van der Waals surface area contributed by atoms with Gasteiger partial charge in [-0.1, -0.05) is 36.4 Å². The zero-order chi connectivity index (χ0) is 29.6. The first-order valence-corrected chi connectivity index (χ1v) is 14.5. The van der Waals surface area contributed by atoms with Crippen LogP contribution in [0.1, 0.15) is 15.9 Å². The Hall–Kier alpha value is -5.88. The maximum Gasteiger partial charge on any atom is 0.252 e. The normalized spacial score (nSPS) is 11.5. The van der Waals surface area contributed by atoms with E-state index in [1.54, 1.807) is 12.1 Å². The number of carbonyl (C=O) groups is 1. The van der Waals surface area contributed by atoms with Crippen molar-refractivity contribution in [3.8, 4) is 33.4 Å². The zero-order valence-corrected chi connectivity index (χ0v) is 23.7. The van der Waals surface area contributed by atoms with Crippen LogP contribution in [0.3, 0.4) is 0 Å². The van der Waals surface area contributed by atoms with Crippen LogP contribution in [0.25, 0.3) is 49.9 Å². The number of aromatic nitrogens is 3. The van der Waals surface area contributed by atoms with E-state index < -0.39 is 0 Å². The molecule has 6 heteroatoms. The van der Waals surface area contributed by atoms with Crippen molar-refractivity contribution in [3.63, 3.8) is 0 Å². The van der Waals surface area contributed by atoms with Crippen LogP contribution in [0.5, 0.6) is 0 Å². The van der Waals surface area contributed by atoms with Gasteiger partial charge in [0, 0.05) is 71.4 Å². The summed E-state index contributed by atoms with van der Waals surface area (Å²) in [6, 6.07) is 35.1. The Morgan fingerprint density at radius 1 is 0.568 bits per heavy atom. The zero-order valence-electron chi connectivity index (χ0n) is 23.7. The molecule has 6 heterocycles. The molecule has 0 aliphatic carbocycles. The third-order valence-corrected chi connectivity index (χ3v) is 8.28. The molecule has 1 N–H and O–H groups in total. The van der Waals surface area contributed by atoms with E-state index in [9.17, 15) is 9.18 Å². The van der Waals surface area contributed by atoms with E-state index in [-0.39, 0.29) is 18.3 Å². The third kappa shape index (κ3) is 4.53. The minimum Gasteiger partial charge on any atom is -0.348 e. The Kier molecular flexibility index (Phi) is 6.12. The van der Waals surface area contributed by atoms with Crippen LogP contribution in [-0.2, 0) is 6.54 Å². The standard InChI is InChI=1S/C38H27FN4O/c39-30-12-7-26(8-13-30)22-40-38(44)35-18-17-34(27-9-14-31-4-1-19-41(31)23-27)36(28-10-15-32-5-2-20-42(32)24-28)37(35)29-11-16-33-6-3-21-43(33)25-29/h1-21,23-25H,22H2,(H,40,44). The van der Waals surface area contributed by atoms with E-state index >= 15 is 0 Å². The average Bonchev–Trinajstić information content (AvgIpc) is 3.83. The predicted octanol–water partition coefficient (Wildman–Crippen LogP) is 8.51. The second kappa shape index (κ2) is 10.4. The largest absolute Gasteiger partial charge is 0.348 e. The number of pyridine rings is 3. The Morgan fingerprint density at radius 3 is 1.68 bits per heavy atom. The molecule has 1 amide bonds. The molecule has 44 heavy (non-hydrogen) atoms. The number of rotatable bonds is 6. The van der Waals surface area contributed by atoms with Crippen molar-refractivity contribution in [2.24, 2.45) is 0 Å². The molecular formula is C38H27FN4O. The molecule has 0 bridgehead atoms. The van der Waals surface area contributed by atoms with Crippen LogP contribution < -0.4 is 5.32 Å². The second-order valence-corrected chi connectivity index (χ2v) is 11.0. The van der Waals surface area contributed by atoms with Crippen LogP contribution in [-0.4, -0.2) is 19.1 Å². The second-order valence-electron chi connectivity index (χ2n) is 11.0. The molecular weight excluding hydrogens is 547 g/mol. The fourth-order valence-electron chi connectivity index (χ4n) is 6.07. The molecule has 0 saturated carbocycles. The van der Waals surface area contributed by atoms with Gasteiger partial charge in [-0.25, -0.2) is 4.39 Å². The highest BCUT2D eigenvalue weighted by Gasteiger charge is 2.23. The highest BCUT2D eigenvalue weighted by Crippen LogP contribution is 2.42. The summed E-state index contributed by atoms with van der Waals surface area (Å²) < 4.78 is 19.8. The number of hydrogen-bond acceptors (Lipinski definition) is 1. The maximum atomic E-state index is 14.0. The summed E-state index contributed by atoms with van der Waals surface area (Å²) in [6.07, 6.45) is 12.4. The van der Waals surface area contributed by atoms with Gasteiger partial charge in [0.1, 0.15) is 5.82 Å². The van der Waals surface area contributed by atoms with Crippen LogP contribution in [0.15, 0.2) is 146 Å². The summed E-state index contributed by atoms with van der Waals surface area (Å²) in [5, 5.41) is 3.08. The number of amides is 1. The van der Waals surface area contributed by atoms with Gasteiger partial charge < -0.3 is 18.5 Å². The molecule has 2 aromatic carbocycles. The van der Waals surface area contributed by atoms with Crippen molar-refractivity contribution in [3.05, 3.63) is 163 Å². The number of nitrogens with zero attached hydrogens (tertiary/aromatic N) is 3. The fourth-order valence-corrected chi connectivity index (χ4v) is 6.07. The average molecular weight is 575 g/mol. The minimum atomic E-state index is -0.305. The number of halogens is 1. The number of carbonyl (C=O) groups excluding carboxylic acids is 1. The minimum absolute atomic E-state index is 0.201. The summed E-state index contributed by atoms with van der Waals surface area (Å²) in [6.45, 7) is 0.284. The molecule has 0 unspecified atom stereocenters. The first-order valence-electron chi connectivity index (χ1n) is 14.5. The maximum absolute atomic E-state index is 14.0.